The Hall–Kier alpha value is -2.19. The largest absolute Gasteiger partial charge is 0.491 e. The molecule has 174 valence electrons. The SMILES string of the molecule is C=C(C)c1nc(-c2cc(Cl)cc(OCC(O)CNC)c2)nc(N(C)C2CCOCC2)c1C. The molecule has 1 aliphatic heterocycles. The molecule has 1 aliphatic rings. The summed E-state index contributed by atoms with van der Waals surface area (Å²) in [6.45, 7) is 10.2. The number of allylic oxidation sites excluding steroid dienone is 1. The lowest BCUT2D eigenvalue weighted by Crippen LogP contribution is -2.37. The molecule has 32 heavy (non-hydrogen) atoms. The highest BCUT2D eigenvalue weighted by Crippen LogP contribution is 2.32. The maximum atomic E-state index is 9.95. The van der Waals surface area contributed by atoms with E-state index in [1.54, 1.807) is 13.1 Å². The molecule has 0 saturated carbocycles. The fraction of sp³-hybridized carbons (Fsp3) is 0.500. The normalized spacial score (nSPS) is 15.4. The van der Waals surface area contributed by atoms with Crippen LogP contribution in [0, 0.1) is 6.92 Å². The number of ether oxygens (including phenoxy) is 2. The van der Waals surface area contributed by atoms with Gasteiger partial charge in [-0.2, -0.15) is 0 Å². The summed E-state index contributed by atoms with van der Waals surface area (Å²) in [4.78, 5) is 12.0. The van der Waals surface area contributed by atoms with E-state index in [0.717, 1.165) is 54.3 Å². The standard InChI is InChI=1S/C24H33ClN4O3/c1-15(2)22-16(3)24(29(5)19-6-8-31-9-7-19)28-23(27-22)17-10-18(25)12-21(11-17)32-14-20(30)13-26-4/h10-12,19-20,26,30H,1,6-9,13-14H2,2-5H3. The van der Waals surface area contributed by atoms with Gasteiger partial charge in [0.25, 0.3) is 0 Å². The van der Waals surface area contributed by atoms with E-state index in [2.05, 4.69) is 23.8 Å². The van der Waals surface area contributed by atoms with Gasteiger partial charge in [0.15, 0.2) is 5.82 Å². The molecule has 2 aromatic rings. The molecule has 1 aromatic heterocycles. The number of halogens is 1. The van der Waals surface area contributed by atoms with Crippen LogP contribution in [0.2, 0.25) is 5.02 Å². The molecule has 0 spiro atoms. The Bertz CT molecular complexity index is 947. The van der Waals surface area contributed by atoms with Crippen LogP contribution in [-0.4, -0.2) is 67.7 Å². The van der Waals surface area contributed by atoms with E-state index in [-0.39, 0.29) is 6.61 Å². The number of hydrogen-bond acceptors (Lipinski definition) is 7. The van der Waals surface area contributed by atoms with Crippen molar-refractivity contribution in [3.63, 3.8) is 0 Å². The van der Waals surface area contributed by atoms with Crippen molar-refractivity contribution in [2.75, 3.05) is 45.4 Å². The fourth-order valence-corrected chi connectivity index (χ4v) is 4.13. The van der Waals surface area contributed by atoms with E-state index in [9.17, 15) is 5.11 Å². The maximum absolute atomic E-state index is 9.95. The molecule has 7 nitrogen and oxygen atoms in total. The first kappa shape index (κ1) is 24.5. The van der Waals surface area contributed by atoms with Crippen LogP contribution < -0.4 is 15.0 Å². The number of rotatable bonds is 9. The molecule has 0 bridgehead atoms. The van der Waals surface area contributed by atoms with Crippen molar-refractivity contribution < 1.29 is 14.6 Å². The second-order valence-electron chi connectivity index (χ2n) is 8.28. The van der Waals surface area contributed by atoms with E-state index in [1.807, 2.05) is 26.0 Å². The Morgan fingerprint density at radius 2 is 2.06 bits per heavy atom. The number of benzene rings is 1. The Morgan fingerprint density at radius 1 is 1.34 bits per heavy atom. The molecule has 8 heteroatoms. The Balaban J connectivity index is 1.98. The lowest BCUT2D eigenvalue weighted by Gasteiger charge is -2.33. The molecule has 1 fully saturated rings. The predicted octanol–water partition coefficient (Wildman–Crippen LogP) is 3.71. The summed E-state index contributed by atoms with van der Waals surface area (Å²) in [6.07, 6.45) is 1.30. The first-order valence-corrected chi connectivity index (χ1v) is 11.3. The highest BCUT2D eigenvalue weighted by Gasteiger charge is 2.24. The van der Waals surface area contributed by atoms with Crippen molar-refractivity contribution >= 4 is 23.0 Å². The molecule has 0 amide bonds. The van der Waals surface area contributed by atoms with Crippen LogP contribution in [0.4, 0.5) is 5.82 Å². The van der Waals surface area contributed by atoms with Gasteiger partial charge < -0.3 is 24.8 Å². The van der Waals surface area contributed by atoms with Crippen LogP contribution in [-0.2, 0) is 4.74 Å². The lowest BCUT2D eigenvalue weighted by molar-refractivity contribution is 0.0853. The van der Waals surface area contributed by atoms with Crippen LogP contribution in [0.1, 0.15) is 31.0 Å². The average molecular weight is 461 g/mol. The van der Waals surface area contributed by atoms with Gasteiger partial charge in [-0.25, -0.2) is 9.97 Å². The number of hydrogen-bond donors (Lipinski definition) is 2. The molecule has 2 N–H and O–H groups in total. The van der Waals surface area contributed by atoms with E-state index in [1.165, 1.54) is 0 Å². The van der Waals surface area contributed by atoms with Gasteiger partial charge in [-0.15, -0.1) is 0 Å². The van der Waals surface area contributed by atoms with Gasteiger partial charge >= 0.3 is 0 Å². The topological polar surface area (TPSA) is 79.7 Å². The molecule has 1 unspecified atom stereocenters. The summed E-state index contributed by atoms with van der Waals surface area (Å²) in [7, 11) is 3.86. The van der Waals surface area contributed by atoms with Crippen molar-refractivity contribution in [1.82, 2.24) is 15.3 Å². The van der Waals surface area contributed by atoms with Crippen LogP contribution >= 0.6 is 11.6 Å². The van der Waals surface area contributed by atoms with E-state index in [4.69, 9.17) is 31.0 Å². The smallest absolute Gasteiger partial charge is 0.162 e. The van der Waals surface area contributed by atoms with Gasteiger partial charge in [-0.3, -0.25) is 0 Å². The summed E-state index contributed by atoms with van der Waals surface area (Å²) < 4.78 is 11.3. The van der Waals surface area contributed by atoms with Crippen molar-refractivity contribution in [1.29, 1.82) is 0 Å². The molecule has 1 atom stereocenters. The minimum absolute atomic E-state index is 0.157. The predicted molar refractivity (Wildman–Crippen MR) is 130 cm³/mol. The minimum Gasteiger partial charge on any atom is -0.491 e. The second kappa shape index (κ2) is 11.1. The summed E-state index contributed by atoms with van der Waals surface area (Å²) in [5.41, 5.74) is 3.46. The fourth-order valence-electron chi connectivity index (χ4n) is 3.90. The zero-order chi connectivity index (χ0) is 23.3. The maximum Gasteiger partial charge on any atom is 0.162 e. The van der Waals surface area contributed by atoms with Crippen molar-refractivity contribution in [3.05, 3.63) is 41.1 Å². The number of nitrogens with zero attached hydrogens (tertiary/aromatic N) is 3. The molecule has 1 saturated heterocycles. The monoisotopic (exact) mass is 460 g/mol. The molecule has 3 rings (SSSR count). The van der Waals surface area contributed by atoms with Crippen LogP contribution in [0.5, 0.6) is 5.75 Å². The lowest BCUT2D eigenvalue weighted by atomic mass is 10.0. The van der Waals surface area contributed by atoms with Gasteiger partial charge in [-0.05, 0) is 57.5 Å². The molecule has 2 heterocycles. The Kier molecular flexibility index (Phi) is 8.48. The van der Waals surface area contributed by atoms with Gasteiger partial charge in [-0.1, -0.05) is 18.2 Å². The third kappa shape index (κ3) is 5.98. The van der Waals surface area contributed by atoms with E-state index >= 15 is 0 Å². The molecular weight excluding hydrogens is 428 g/mol. The van der Waals surface area contributed by atoms with E-state index in [0.29, 0.717) is 29.2 Å². The van der Waals surface area contributed by atoms with Crippen molar-refractivity contribution in [2.24, 2.45) is 0 Å². The van der Waals surface area contributed by atoms with Gasteiger partial charge in [0, 0.05) is 49.0 Å². The molecule has 0 aliphatic carbocycles. The molecule has 0 radical (unpaired) electrons. The summed E-state index contributed by atoms with van der Waals surface area (Å²) >= 11 is 6.38. The number of likely N-dealkylation sites (N-methyl/N-ethyl adjacent to an activating group) is 1. The first-order chi connectivity index (χ1) is 15.3. The Labute approximate surface area is 195 Å². The third-order valence-corrected chi connectivity index (χ3v) is 5.83. The quantitative estimate of drug-likeness (QED) is 0.590. The number of aliphatic hydroxyl groups is 1. The Morgan fingerprint density at radius 3 is 2.72 bits per heavy atom. The second-order valence-corrected chi connectivity index (χ2v) is 8.71. The first-order valence-electron chi connectivity index (χ1n) is 10.9. The summed E-state index contributed by atoms with van der Waals surface area (Å²) in [5, 5.41) is 13.4. The summed E-state index contributed by atoms with van der Waals surface area (Å²) in [6, 6.07) is 5.75. The van der Waals surface area contributed by atoms with Crippen LogP contribution in [0.25, 0.3) is 17.0 Å². The number of anilines is 1. The number of nitrogens with one attached hydrogen (secondary N) is 1. The number of aromatic nitrogens is 2. The summed E-state index contributed by atoms with van der Waals surface area (Å²) in [5.74, 6) is 2.00. The van der Waals surface area contributed by atoms with Gasteiger partial charge in [0.05, 0.1) is 5.69 Å². The highest BCUT2D eigenvalue weighted by atomic mass is 35.5. The van der Waals surface area contributed by atoms with E-state index < -0.39 is 6.10 Å². The van der Waals surface area contributed by atoms with Crippen LogP contribution in [0.3, 0.4) is 0 Å². The zero-order valence-corrected chi connectivity index (χ0v) is 20.1. The number of aliphatic hydroxyl groups excluding tert-OH is 1. The zero-order valence-electron chi connectivity index (χ0n) is 19.3. The minimum atomic E-state index is -0.618. The van der Waals surface area contributed by atoms with Gasteiger partial charge in [0.1, 0.15) is 24.3 Å². The molecule has 1 aromatic carbocycles. The van der Waals surface area contributed by atoms with Crippen LogP contribution in [0.15, 0.2) is 24.8 Å². The van der Waals surface area contributed by atoms with Gasteiger partial charge in [0.2, 0.25) is 0 Å². The molecular formula is C24H33ClN4O3. The third-order valence-electron chi connectivity index (χ3n) is 5.61. The van der Waals surface area contributed by atoms with Crippen molar-refractivity contribution in [2.45, 2.75) is 38.8 Å². The highest BCUT2D eigenvalue weighted by molar-refractivity contribution is 6.31. The van der Waals surface area contributed by atoms with Crippen molar-refractivity contribution in [3.8, 4) is 17.1 Å². The average Bonchev–Trinajstić information content (AvgIpc) is 2.77.